The molecule has 1 aromatic rings. The van der Waals surface area contributed by atoms with Crippen LogP contribution in [0.1, 0.15) is 43.1 Å². The summed E-state index contributed by atoms with van der Waals surface area (Å²) in [5.41, 5.74) is 2.05. The number of rotatable bonds is 0. The summed E-state index contributed by atoms with van der Waals surface area (Å²) < 4.78 is 5.89. The van der Waals surface area contributed by atoms with E-state index in [9.17, 15) is 10.2 Å². The topological polar surface area (TPSA) is 49.7 Å². The van der Waals surface area contributed by atoms with Gasteiger partial charge in [0.15, 0.2) is 0 Å². The maximum Gasteiger partial charge on any atom is 0.129 e. The zero-order valence-corrected chi connectivity index (χ0v) is 10.2. The van der Waals surface area contributed by atoms with Crippen LogP contribution in [-0.4, -0.2) is 15.8 Å². The van der Waals surface area contributed by atoms with Gasteiger partial charge >= 0.3 is 0 Å². The van der Waals surface area contributed by atoms with Crippen molar-refractivity contribution in [1.82, 2.24) is 0 Å². The zero-order chi connectivity index (χ0) is 12.1. The number of aliphatic hydroxyl groups excluding tert-OH is 1. The van der Waals surface area contributed by atoms with E-state index >= 15 is 0 Å². The third-order valence-corrected chi connectivity index (χ3v) is 3.26. The molecule has 3 heteroatoms. The molecule has 0 fully saturated rings. The Morgan fingerprint density at radius 2 is 1.94 bits per heavy atom. The van der Waals surface area contributed by atoms with Crippen LogP contribution in [0.15, 0.2) is 6.07 Å². The van der Waals surface area contributed by atoms with Crippen LogP contribution in [0.5, 0.6) is 11.5 Å². The van der Waals surface area contributed by atoms with E-state index in [1.54, 1.807) is 6.07 Å². The lowest BCUT2D eigenvalue weighted by Crippen LogP contribution is -2.35. The van der Waals surface area contributed by atoms with Crippen molar-refractivity contribution < 1.29 is 14.9 Å². The number of fused-ring (bicyclic) bond motifs is 1. The van der Waals surface area contributed by atoms with E-state index < -0.39 is 6.10 Å². The number of phenols is 1. The Balaban J connectivity index is 2.62. The highest BCUT2D eigenvalue weighted by molar-refractivity contribution is 5.53. The van der Waals surface area contributed by atoms with Crippen molar-refractivity contribution in [3.05, 3.63) is 22.8 Å². The first-order chi connectivity index (χ1) is 7.32. The Kier molecular flexibility index (Phi) is 2.39. The van der Waals surface area contributed by atoms with Gasteiger partial charge in [0.2, 0.25) is 0 Å². The molecule has 0 amide bonds. The molecule has 0 bridgehead atoms. The monoisotopic (exact) mass is 222 g/mol. The van der Waals surface area contributed by atoms with Crippen molar-refractivity contribution in [3.63, 3.8) is 0 Å². The van der Waals surface area contributed by atoms with Crippen molar-refractivity contribution >= 4 is 0 Å². The van der Waals surface area contributed by atoms with Crippen LogP contribution in [0.3, 0.4) is 0 Å². The highest BCUT2D eigenvalue weighted by Gasteiger charge is 2.34. The molecule has 0 aromatic heterocycles. The van der Waals surface area contributed by atoms with Crippen LogP contribution >= 0.6 is 0 Å². The summed E-state index contributed by atoms with van der Waals surface area (Å²) in [5, 5.41) is 19.8. The molecule has 0 spiro atoms. The SMILES string of the molecule is Cc1c(O)cc2c(c1C)OC(C)(C)CC2O. The third-order valence-electron chi connectivity index (χ3n) is 3.26. The van der Waals surface area contributed by atoms with Gasteiger partial charge in [0.1, 0.15) is 17.1 Å². The third kappa shape index (κ3) is 1.65. The van der Waals surface area contributed by atoms with Crippen molar-refractivity contribution in [3.8, 4) is 11.5 Å². The predicted molar refractivity (Wildman–Crippen MR) is 61.9 cm³/mol. The lowest BCUT2D eigenvalue weighted by molar-refractivity contribution is 0.0106. The Hall–Kier alpha value is -1.22. The molecule has 1 atom stereocenters. The minimum absolute atomic E-state index is 0.221. The molecule has 1 aliphatic heterocycles. The van der Waals surface area contributed by atoms with E-state index in [0.717, 1.165) is 16.9 Å². The largest absolute Gasteiger partial charge is 0.508 e. The van der Waals surface area contributed by atoms with Gasteiger partial charge in [-0.25, -0.2) is 0 Å². The fraction of sp³-hybridized carbons (Fsp3) is 0.538. The normalized spacial score (nSPS) is 22.4. The maximum absolute atomic E-state index is 10.0. The summed E-state index contributed by atoms with van der Waals surface area (Å²) in [5.74, 6) is 0.942. The first kappa shape index (κ1) is 11.3. The number of ether oxygens (including phenoxy) is 1. The van der Waals surface area contributed by atoms with Gasteiger partial charge in [-0.1, -0.05) is 0 Å². The first-order valence-corrected chi connectivity index (χ1v) is 5.52. The molecule has 0 aliphatic carbocycles. The molecule has 0 radical (unpaired) electrons. The van der Waals surface area contributed by atoms with Crippen molar-refractivity contribution in [2.75, 3.05) is 0 Å². The Morgan fingerprint density at radius 3 is 2.56 bits per heavy atom. The van der Waals surface area contributed by atoms with Gasteiger partial charge in [-0.05, 0) is 44.9 Å². The molecule has 0 saturated carbocycles. The van der Waals surface area contributed by atoms with Crippen LogP contribution in [-0.2, 0) is 0 Å². The number of hydrogen-bond acceptors (Lipinski definition) is 3. The Bertz CT molecular complexity index is 435. The number of benzene rings is 1. The van der Waals surface area contributed by atoms with Crippen molar-refractivity contribution in [1.29, 1.82) is 0 Å². The molecule has 1 heterocycles. The van der Waals surface area contributed by atoms with Crippen molar-refractivity contribution in [2.45, 2.75) is 45.8 Å². The molecular formula is C13H18O3. The van der Waals surface area contributed by atoms with Gasteiger partial charge in [-0.2, -0.15) is 0 Å². The highest BCUT2D eigenvalue weighted by atomic mass is 16.5. The molecule has 2 N–H and O–H groups in total. The van der Waals surface area contributed by atoms with E-state index in [0.29, 0.717) is 12.0 Å². The molecule has 1 unspecified atom stereocenters. The van der Waals surface area contributed by atoms with Crippen LogP contribution < -0.4 is 4.74 Å². The average molecular weight is 222 g/mol. The van der Waals surface area contributed by atoms with Gasteiger partial charge < -0.3 is 14.9 Å². The number of hydrogen-bond donors (Lipinski definition) is 2. The van der Waals surface area contributed by atoms with Gasteiger partial charge in [-0.3, -0.25) is 0 Å². The van der Waals surface area contributed by atoms with Gasteiger partial charge in [0, 0.05) is 12.0 Å². The summed E-state index contributed by atoms with van der Waals surface area (Å²) in [6, 6.07) is 1.61. The molecule has 1 aliphatic rings. The molecule has 88 valence electrons. The fourth-order valence-electron chi connectivity index (χ4n) is 2.18. The summed E-state index contributed by atoms with van der Waals surface area (Å²) in [7, 11) is 0. The molecule has 2 rings (SSSR count). The van der Waals surface area contributed by atoms with E-state index in [4.69, 9.17) is 4.74 Å². The first-order valence-electron chi connectivity index (χ1n) is 5.52. The fourth-order valence-corrected chi connectivity index (χ4v) is 2.18. The number of aliphatic hydroxyl groups is 1. The second-order valence-electron chi connectivity index (χ2n) is 5.15. The molecule has 1 aromatic carbocycles. The van der Waals surface area contributed by atoms with E-state index in [2.05, 4.69) is 0 Å². The van der Waals surface area contributed by atoms with E-state index in [1.807, 2.05) is 27.7 Å². The quantitative estimate of drug-likeness (QED) is 0.709. The molecule has 0 saturated heterocycles. The minimum atomic E-state index is -0.566. The summed E-state index contributed by atoms with van der Waals surface area (Å²) in [6.45, 7) is 7.67. The molecule has 16 heavy (non-hydrogen) atoms. The standard InChI is InChI=1S/C13H18O3/c1-7-8(2)12-9(5-10(7)14)11(15)6-13(3,4)16-12/h5,11,14-15H,6H2,1-4H3. The van der Waals surface area contributed by atoms with Gasteiger partial charge in [0.25, 0.3) is 0 Å². The van der Waals surface area contributed by atoms with Crippen LogP contribution in [0, 0.1) is 13.8 Å². The number of aromatic hydroxyl groups is 1. The van der Waals surface area contributed by atoms with E-state index in [1.165, 1.54) is 0 Å². The van der Waals surface area contributed by atoms with Crippen LogP contribution in [0.25, 0.3) is 0 Å². The number of phenolic OH excluding ortho intramolecular Hbond substituents is 1. The summed E-state index contributed by atoms with van der Waals surface area (Å²) in [4.78, 5) is 0. The van der Waals surface area contributed by atoms with Crippen LogP contribution in [0.4, 0.5) is 0 Å². The van der Waals surface area contributed by atoms with Crippen LogP contribution in [0.2, 0.25) is 0 Å². The summed E-state index contributed by atoms with van der Waals surface area (Å²) in [6.07, 6.45) is -0.0222. The predicted octanol–water partition coefficient (Wildman–Crippen LogP) is 2.60. The lowest BCUT2D eigenvalue weighted by Gasteiger charge is -2.36. The second-order valence-corrected chi connectivity index (χ2v) is 5.15. The molecule has 3 nitrogen and oxygen atoms in total. The second kappa shape index (κ2) is 3.39. The smallest absolute Gasteiger partial charge is 0.129 e. The Morgan fingerprint density at radius 1 is 1.31 bits per heavy atom. The summed E-state index contributed by atoms with van der Waals surface area (Å²) >= 11 is 0. The zero-order valence-electron chi connectivity index (χ0n) is 10.2. The maximum atomic E-state index is 10.0. The van der Waals surface area contributed by atoms with E-state index in [-0.39, 0.29) is 11.4 Å². The van der Waals surface area contributed by atoms with Crippen molar-refractivity contribution in [2.24, 2.45) is 0 Å². The Labute approximate surface area is 95.7 Å². The van der Waals surface area contributed by atoms with Gasteiger partial charge in [-0.15, -0.1) is 0 Å². The van der Waals surface area contributed by atoms with Gasteiger partial charge in [0.05, 0.1) is 6.10 Å². The minimum Gasteiger partial charge on any atom is -0.508 e. The lowest BCUT2D eigenvalue weighted by atomic mass is 9.89. The molecular weight excluding hydrogens is 204 g/mol. The average Bonchev–Trinajstić information content (AvgIpc) is 2.16. The highest BCUT2D eigenvalue weighted by Crippen LogP contribution is 2.44.